The van der Waals surface area contributed by atoms with E-state index in [1.54, 1.807) is 6.26 Å². The van der Waals surface area contributed by atoms with E-state index >= 15 is 0 Å². The maximum Gasteiger partial charge on any atom is 0.163 e. The summed E-state index contributed by atoms with van der Waals surface area (Å²) < 4.78 is 12.6. The number of hydrogen-bond acceptors (Lipinski definition) is 1. The molecule has 0 saturated carbocycles. The molecule has 3 heteroatoms. The average Bonchev–Trinajstić information content (AvgIpc) is 2.31. The average molecular weight is 253 g/mol. The minimum Gasteiger partial charge on any atom is -1.00 e. The van der Waals surface area contributed by atoms with Crippen molar-refractivity contribution in [1.82, 2.24) is 0 Å². The zero-order chi connectivity index (χ0) is 10.7. The van der Waals surface area contributed by atoms with Crippen molar-refractivity contribution in [3.63, 3.8) is 0 Å². The van der Waals surface area contributed by atoms with Crippen molar-refractivity contribution in [2.24, 2.45) is 0 Å². The Morgan fingerprint density at radius 3 is 1.38 bits per heavy atom. The molecule has 2 aromatic rings. The third kappa shape index (κ3) is 2.52. The molecule has 0 fully saturated rings. The second-order valence-electron chi connectivity index (χ2n) is 3.47. The zero-order valence-corrected chi connectivity index (χ0v) is 10.5. The molecule has 2 rings (SSSR count). The summed E-state index contributed by atoms with van der Waals surface area (Å²) in [5, 5.41) is 0. The molecule has 0 amide bonds. The fourth-order valence-corrected chi connectivity index (χ4v) is 3.12. The molecule has 2 aromatic carbocycles. The van der Waals surface area contributed by atoms with Crippen molar-refractivity contribution >= 4 is 9.93 Å². The Morgan fingerprint density at radius 1 is 0.750 bits per heavy atom. The van der Waals surface area contributed by atoms with Gasteiger partial charge in [-0.2, -0.15) is 0 Å². The molecule has 0 N–H and O–H groups in total. The molecule has 0 unspecified atom stereocenters. The van der Waals surface area contributed by atoms with Gasteiger partial charge in [-0.3, -0.25) is 0 Å². The van der Waals surface area contributed by atoms with Crippen LogP contribution in [0, 0.1) is 0 Å². The van der Waals surface area contributed by atoms with Crippen LogP contribution in [0.1, 0.15) is 0 Å². The van der Waals surface area contributed by atoms with Gasteiger partial charge in [-0.1, -0.05) is 40.6 Å². The summed E-state index contributed by atoms with van der Waals surface area (Å²) in [6, 6.07) is 19.2. The minimum absolute atomic E-state index is 0. The minimum atomic E-state index is -2.09. The van der Waals surface area contributed by atoms with E-state index in [2.05, 4.69) is 0 Å². The summed E-state index contributed by atoms with van der Waals surface area (Å²) in [6.45, 7) is 0. The lowest BCUT2D eigenvalue weighted by atomic mass is 10.4. The van der Waals surface area contributed by atoms with Crippen LogP contribution < -0.4 is 12.4 Å². The zero-order valence-electron chi connectivity index (χ0n) is 8.97. The van der Waals surface area contributed by atoms with Crippen LogP contribution in [-0.4, -0.2) is 6.26 Å². The lowest BCUT2D eigenvalue weighted by molar-refractivity contribution is -0.00000444. The van der Waals surface area contributed by atoms with E-state index < -0.39 is 9.93 Å². The summed E-state index contributed by atoms with van der Waals surface area (Å²) in [5.74, 6) is 0. The Morgan fingerprint density at radius 2 is 1.06 bits per heavy atom. The van der Waals surface area contributed by atoms with E-state index in [0.29, 0.717) is 0 Å². The molecule has 0 aliphatic heterocycles. The van der Waals surface area contributed by atoms with Gasteiger partial charge in [0.15, 0.2) is 9.79 Å². The normalized spacial score (nSPS) is 10.6. The van der Waals surface area contributed by atoms with E-state index in [9.17, 15) is 4.21 Å². The van der Waals surface area contributed by atoms with Gasteiger partial charge in [-0.15, -0.1) is 0 Å². The standard InChI is InChI=1S/C13H13OS.ClH/c1-15(14,12-8-4-2-5-9-12)13-10-6-3-7-11-13;/h2-11H,1H3;1H/q+1;/p-1. The van der Waals surface area contributed by atoms with E-state index in [4.69, 9.17) is 0 Å². The topological polar surface area (TPSA) is 17.1 Å². The fraction of sp³-hybridized carbons (Fsp3) is 0.0769. The SMILES string of the molecule is C[S+](=O)(c1ccccc1)c1ccccc1.[Cl-]. The molecule has 0 radical (unpaired) electrons. The van der Waals surface area contributed by atoms with Gasteiger partial charge in [0.2, 0.25) is 0 Å². The molecule has 1 nitrogen and oxygen atoms in total. The van der Waals surface area contributed by atoms with Crippen molar-refractivity contribution < 1.29 is 16.6 Å². The summed E-state index contributed by atoms with van der Waals surface area (Å²) in [4.78, 5) is 1.77. The Hall–Kier alpha value is -1.12. The summed E-state index contributed by atoms with van der Waals surface area (Å²) >= 11 is 0. The van der Waals surface area contributed by atoms with Crippen molar-refractivity contribution in [3.05, 3.63) is 60.7 Å². The van der Waals surface area contributed by atoms with Crippen LogP contribution in [0.4, 0.5) is 0 Å². The van der Waals surface area contributed by atoms with Crippen molar-refractivity contribution in [1.29, 1.82) is 0 Å². The molecule has 84 valence electrons. The smallest absolute Gasteiger partial charge is 0.163 e. The van der Waals surface area contributed by atoms with Crippen LogP contribution in [-0.2, 0) is 14.1 Å². The van der Waals surface area contributed by atoms with Gasteiger partial charge < -0.3 is 12.4 Å². The first-order chi connectivity index (χ1) is 7.21. The van der Waals surface area contributed by atoms with Gasteiger partial charge in [0.1, 0.15) is 16.2 Å². The highest BCUT2D eigenvalue weighted by Gasteiger charge is 2.27. The molecule has 16 heavy (non-hydrogen) atoms. The fourth-order valence-electron chi connectivity index (χ4n) is 1.50. The number of halogens is 1. The summed E-state index contributed by atoms with van der Waals surface area (Å²) in [7, 11) is -2.09. The molecule has 0 aliphatic rings. The Kier molecular flexibility index (Phi) is 4.27. The van der Waals surface area contributed by atoms with Gasteiger partial charge in [0.05, 0.1) is 0 Å². The van der Waals surface area contributed by atoms with Crippen LogP contribution >= 0.6 is 0 Å². The second kappa shape index (κ2) is 5.28. The molecule has 0 heterocycles. The lowest BCUT2D eigenvalue weighted by Crippen LogP contribution is -3.00. The molecule has 0 aliphatic carbocycles. The monoisotopic (exact) mass is 252 g/mol. The highest BCUT2D eigenvalue weighted by atomic mass is 35.5. The first kappa shape index (κ1) is 12.9. The Labute approximate surface area is 103 Å². The van der Waals surface area contributed by atoms with Gasteiger partial charge in [-0.25, -0.2) is 0 Å². The van der Waals surface area contributed by atoms with E-state index in [0.717, 1.165) is 9.79 Å². The first-order valence-corrected chi connectivity index (χ1v) is 6.77. The van der Waals surface area contributed by atoms with E-state index in [1.807, 2.05) is 60.7 Å². The van der Waals surface area contributed by atoms with Crippen molar-refractivity contribution in [2.45, 2.75) is 9.79 Å². The number of hydrogen-bond donors (Lipinski definition) is 0. The molecular formula is C13H13ClOS. The largest absolute Gasteiger partial charge is 1.00 e. The second-order valence-corrected chi connectivity index (χ2v) is 6.10. The van der Waals surface area contributed by atoms with Crippen LogP contribution in [0.5, 0.6) is 0 Å². The van der Waals surface area contributed by atoms with Crippen LogP contribution in [0.25, 0.3) is 0 Å². The number of benzene rings is 2. The molecule has 0 bridgehead atoms. The van der Waals surface area contributed by atoms with Crippen molar-refractivity contribution in [2.75, 3.05) is 6.26 Å². The highest BCUT2D eigenvalue weighted by Crippen LogP contribution is 2.25. The van der Waals surface area contributed by atoms with Gasteiger partial charge in [-0.05, 0) is 24.3 Å². The first-order valence-electron chi connectivity index (χ1n) is 4.80. The third-order valence-electron chi connectivity index (χ3n) is 2.39. The maximum absolute atomic E-state index is 12.6. The van der Waals surface area contributed by atoms with Gasteiger partial charge >= 0.3 is 0 Å². The Bertz CT molecular complexity index is 438. The predicted molar refractivity (Wildman–Crippen MR) is 63.4 cm³/mol. The molecule has 0 saturated heterocycles. The maximum atomic E-state index is 12.6. The lowest BCUT2D eigenvalue weighted by Gasteiger charge is -2.05. The van der Waals surface area contributed by atoms with Crippen LogP contribution in [0.15, 0.2) is 70.5 Å². The van der Waals surface area contributed by atoms with Crippen LogP contribution in [0.3, 0.4) is 0 Å². The predicted octanol–water partition coefficient (Wildman–Crippen LogP) is 0.238. The van der Waals surface area contributed by atoms with Gasteiger partial charge in [0, 0.05) is 0 Å². The molecule has 0 spiro atoms. The summed E-state index contributed by atoms with van der Waals surface area (Å²) in [6.07, 6.45) is 1.79. The van der Waals surface area contributed by atoms with E-state index in [-0.39, 0.29) is 12.4 Å². The van der Waals surface area contributed by atoms with Crippen molar-refractivity contribution in [3.8, 4) is 0 Å². The quantitative estimate of drug-likeness (QED) is 0.700. The van der Waals surface area contributed by atoms with E-state index in [1.165, 1.54) is 0 Å². The Balaban J connectivity index is 0.00000128. The van der Waals surface area contributed by atoms with Crippen LogP contribution in [0.2, 0.25) is 0 Å². The highest BCUT2D eigenvalue weighted by molar-refractivity contribution is 8.02. The third-order valence-corrected chi connectivity index (χ3v) is 4.73. The molecule has 0 aromatic heterocycles. The summed E-state index contributed by atoms with van der Waals surface area (Å²) in [5.41, 5.74) is 0. The molecule has 0 atom stereocenters. The molecular weight excluding hydrogens is 240 g/mol. The number of rotatable bonds is 2. The van der Waals surface area contributed by atoms with Gasteiger partial charge in [0.25, 0.3) is 0 Å².